The number of rotatable bonds is 8. The standard InChI is InChI=1S/C18H30N3O/c1-15(2)21(16(3)4)11-10-19-14-20(12-13-22-5)18-9-7-6-8-17(18)19/h6-9,14-16H,10-13H2,1-5H3/q+1. The fourth-order valence-electron chi connectivity index (χ4n) is 3.12. The Hall–Kier alpha value is -1.39. The summed E-state index contributed by atoms with van der Waals surface area (Å²) in [6.07, 6.45) is 2.22. The Morgan fingerprint density at radius 2 is 1.82 bits per heavy atom. The number of methoxy groups -OCH3 is 1. The molecular formula is C18H30N3O+. The summed E-state index contributed by atoms with van der Waals surface area (Å²) in [6, 6.07) is 9.75. The molecule has 0 saturated heterocycles. The molecule has 0 aliphatic carbocycles. The van der Waals surface area contributed by atoms with E-state index in [4.69, 9.17) is 4.74 Å². The first-order valence-electron chi connectivity index (χ1n) is 8.26. The van der Waals surface area contributed by atoms with Gasteiger partial charge in [-0.25, -0.2) is 9.13 Å². The van der Waals surface area contributed by atoms with E-state index in [1.165, 1.54) is 11.0 Å². The van der Waals surface area contributed by atoms with Gasteiger partial charge in [-0.2, -0.15) is 0 Å². The SMILES string of the molecule is COCCn1c[n+](CCN(C(C)C)C(C)C)c2ccccc21. The van der Waals surface area contributed by atoms with Crippen LogP contribution in [-0.2, 0) is 17.8 Å². The normalized spacial score (nSPS) is 12.2. The largest absolute Gasteiger partial charge is 0.381 e. The maximum Gasteiger partial charge on any atom is 0.244 e. The molecule has 4 nitrogen and oxygen atoms in total. The van der Waals surface area contributed by atoms with Gasteiger partial charge in [-0.3, -0.25) is 4.90 Å². The molecule has 0 aliphatic heterocycles. The summed E-state index contributed by atoms with van der Waals surface area (Å²) in [5.41, 5.74) is 2.58. The fraction of sp³-hybridized carbons (Fsp3) is 0.611. The van der Waals surface area contributed by atoms with Crippen LogP contribution in [0, 0.1) is 0 Å². The molecule has 0 N–H and O–H groups in total. The summed E-state index contributed by atoms with van der Waals surface area (Å²) in [7, 11) is 1.75. The average Bonchev–Trinajstić information content (AvgIpc) is 2.83. The van der Waals surface area contributed by atoms with E-state index in [1.54, 1.807) is 7.11 Å². The van der Waals surface area contributed by atoms with Gasteiger partial charge in [-0.1, -0.05) is 12.1 Å². The first-order valence-corrected chi connectivity index (χ1v) is 8.26. The number of fused-ring (bicyclic) bond motifs is 1. The van der Waals surface area contributed by atoms with Crippen molar-refractivity contribution in [1.82, 2.24) is 9.47 Å². The predicted molar refractivity (Wildman–Crippen MR) is 91.0 cm³/mol. The molecule has 0 bridgehead atoms. The number of para-hydroxylation sites is 2. The molecule has 1 heterocycles. The highest BCUT2D eigenvalue weighted by atomic mass is 16.5. The van der Waals surface area contributed by atoms with Gasteiger partial charge in [0, 0.05) is 25.7 Å². The van der Waals surface area contributed by atoms with E-state index in [-0.39, 0.29) is 0 Å². The summed E-state index contributed by atoms with van der Waals surface area (Å²) in [6.45, 7) is 12.8. The van der Waals surface area contributed by atoms with Gasteiger partial charge in [-0.05, 0) is 39.8 Å². The Bertz CT molecular complexity index is 581. The molecule has 0 unspecified atom stereocenters. The minimum Gasteiger partial charge on any atom is -0.381 e. The average molecular weight is 304 g/mol. The van der Waals surface area contributed by atoms with Crippen molar-refractivity contribution in [1.29, 1.82) is 0 Å². The minimum absolute atomic E-state index is 0.572. The Morgan fingerprint density at radius 3 is 2.45 bits per heavy atom. The smallest absolute Gasteiger partial charge is 0.244 e. The van der Waals surface area contributed by atoms with Gasteiger partial charge < -0.3 is 4.74 Å². The third kappa shape index (κ3) is 3.87. The quantitative estimate of drug-likeness (QED) is 0.699. The van der Waals surface area contributed by atoms with E-state index < -0.39 is 0 Å². The molecule has 4 heteroatoms. The van der Waals surface area contributed by atoms with Gasteiger partial charge in [-0.15, -0.1) is 0 Å². The zero-order chi connectivity index (χ0) is 16.1. The zero-order valence-electron chi connectivity index (χ0n) is 14.6. The van der Waals surface area contributed by atoms with Crippen molar-refractivity contribution < 1.29 is 9.30 Å². The van der Waals surface area contributed by atoms with Gasteiger partial charge >= 0.3 is 0 Å². The second-order valence-corrected chi connectivity index (χ2v) is 6.41. The number of hydrogen-bond donors (Lipinski definition) is 0. The van der Waals surface area contributed by atoms with E-state index in [0.29, 0.717) is 12.1 Å². The van der Waals surface area contributed by atoms with Gasteiger partial charge in [0.15, 0.2) is 11.0 Å². The van der Waals surface area contributed by atoms with Crippen molar-refractivity contribution in [2.75, 3.05) is 20.3 Å². The van der Waals surface area contributed by atoms with Crippen molar-refractivity contribution in [2.24, 2.45) is 0 Å². The van der Waals surface area contributed by atoms with Crippen LogP contribution >= 0.6 is 0 Å². The molecule has 1 aromatic carbocycles. The molecule has 0 radical (unpaired) electrons. The molecule has 0 fully saturated rings. The number of aromatic nitrogens is 2. The lowest BCUT2D eigenvalue weighted by molar-refractivity contribution is -0.672. The maximum atomic E-state index is 5.23. The van der Waals surface area contributed by atoms with E-state index >= 15 is 0 Å². The van der Waals surface area contributed by atoms with Crippen molar-refractivity contribution in [3.05, 3.63) is 30.6 Å². The van der Waals surface area contributed by atoms with Crippen LogP contribution in [0.25, 0.3) is 11.0 Å². The molecule has 0 amide bonds. The lowest BCUT2D eigenvalue weighted by Gasteiger charge is -2.29. The molecule has 22 heavy (non-hydrogen) atoms. The van der Waals surface area contributed by atoms with Gasteiger partial charge in [0.2, 0.25) is 6.33 Å². The van der Waals surface area contributed by atoms with Crippen LogP contribution in [-0.4, -0.2) is 41.8 Å². The molecule has 0 aliphatic rings. The monoisotopic (exact) mass is 304 g/mol. The van der Waals surface area contributed by atoms with Gasteiger partial charge in [0.05, 0.1) is 6.61 Å². The number of hydrogen-bond acceptors (Lipinski definition) is 2. The summed E-state index contributed by atoms with van der Waals surface area (Å²) in [5, 5.41) is 0. The lowest BCUT2D eigenvalue weighted by Crippen LogP contribution is -2.45. The van der Waals surface area contributed by atoms with Crippen LogP contribution < -0.4 is 4.57 Å². The van der Waals surface area contributed by atoms with Gasteiger partial charge in [0.1, 0.15) is 13.1 Å². The van der Waals surface area contributed by atoms with Crippen molar-refractivity contribution in [3.63, 3.8) is 0 Å². The summed E-state index contributed by atoms with van der Waals surface area (Å²) < 4.78 is 9.88. The van der Waals surface area contributed by atoms with E-state index in [2.05, 4.69) is 72.3 Å². The first-order chi connectivity index (χ1) is 10.5. The predicted octanol–water partition coefficient (Wildman–Crippen LogP) is 2.69. The lowest BCUT2D eigenvalue weighted by atomic mass is 10.2. The van der Waals surface area contributed by atoms with Crippen LogP contribution in [0.15, 0.2) is 30.6 Å². The third-order valence-corrected chi connectivity index (χ3v) is 4.24. The zero-order valence-corrected chi connectivity index (χ0v) is 14.6. The highest BCUT2D eigenvalue weighted by Gasteiger charge is 2.18. The molecule has 2 rings (SSSR count). The number of benzene rings is 1. The Labute approximate surface area is 134 Å². The summed E-state index contributed by atoms with van der Waals surface area (Å²) in [4.78, 5) is 2.54. The Morgan fingerprint density at radius 1 is 1.14 bits per heavy atom. The summed E-state index contributed by atoms with van der Waals surface area (Å²) >= 11 is 0. The van der Waals surface area contributed by atoms with Crippen LogP contribution in [0.4, 0.5) is 0 Å². The van der Waals surface area contributed by atoms with Crippen LogP contribution in [0.3, 0.4) is 0 Å². The van der Waals surface area contributed by atoms with Crippen LogP contribution in [0.2, 0.25) is 0 Å². The van der Waals surface area contributed by atoms with Crippen LogP contribution in [0.1, 0.15) is 27.7 Å². The van der Waals surface area contributed by atoms with E-state index in [9.17, 15) is 0 Å². The Kier molecular flexibility index (Phi) is 5.98. The van der Waals surface area contributed by atoms with E-state index in [0.717, 1.165) is 26.2 Å². The number of nitrogens with zero attached hydrogens (tertiary/aromatic N) is 3. The molecule has 0 atom stereocenters. The Balaban J connectivity index is 2.20. The highest BCUT2D eigenvalue weighted by molar-refractivity contribution is 5.71. The molecule has 2 aromatic rings. The molecule has 0 spiro atoms. The van der Waals surface area contributed by atoms with Crippen molar-refractivity contribution in [3.8, 4) is 0 Å². The van der Waals surface area contributed by atoms with Crippen molar-refractivity contribution >= 4 is 11.0 Å². The number of ether oxygens (including phenoxy) is 1. The molecule has 0 saturated carbocycles. The second kappa shape index (κ2) is 7.75. The van der Waals surface area contributed by atoms with E-state index in [1.807, 2.05) is 0 Å². The maximum absolute atomic E-state index is 5.23. The topological polar surface area (TPSA) is 21.3 Å². The summed E-state index contributed by atoms with van der Waals surface area (Å²) in [5.74, 6) is 0. The fourth-order valence-corrected chi connectivity index (χ4v) is 3.12. The first kappa shape index (κ1) is 17.0. The minimum atomic E-state index is 0.572. The number of imidazole rings is 1. The van der Waals surface area contributed by atoms with Crippen molar-refractivity contribution in [2.45, 2.75) is 52.9 Å². The van der Waals surface area contributed by atoms with Gasteiger partial charge in [0.25, 0.3) is 0 Å². The molecule has 122 valence electrons. The second-order valence-electron chi connectivity index (χ2n) is 6.41. The molecular weight excluding hydrogens is 274 g/mol. The third-order valence-electron chi connectivity index (χ3n) is 4.24. The van der Waals surface area contributed by atoms with Crippen LogP contribution in [0.5, 0.6) is 0 Å². The molecule has 1 aromatic heterocycles. The highest BCUT2D eigenvalue weighted by Crippen LogP contribution is 2.11.